The van der Waals surface area contributed by atoms with E-state index in [2.05, 4.69) is 10.4 Å². The van der Waals surface area contributed by atoms with Crippen LogP contribution in [0.5, 0.6) is 0 Å². The molecule has 0 unspecified atom stereocenters. The van der Waals surface area contributed by atoms with E-state index in [1.807, 2.05) is 18.4 Å². The molecule has 0 aliphatic carbocycles. The van der Waals surface area contributed by atoms with Crippen molar-refractivity contribution in [2.45, 2.75) is 45.9 Å². The van der Waals surface area contributed by atoms with Gasteiger partial charge < -0.3 is 14.6 Å². The zero-order chi connectivity index (χ0) is 21.3. The van der Waals surface area contributed by atoms with Crippen LogP contribution >= 0.6 is 0 Å². The number of ether oxygens (including phenoxy) is 1. The molecule has 1 aliphatic heterocycles. The van der Waals surface area contributed by atoms with E-state index < -0.39 is 0 Å². The summed E-state index contributed by atoms with van der Waals surface area (Å²) >= 11 is 0. The molecular formula is C22H25FN4O3. The van der Waals surface area contributed by atoms with Gasteiger partial charge in [0.1, 0.15) is 12.4 Å². The Morgan fingerprint density at radius 1 is 1.30 bits per heavy atom. The molecule has 0 radical (unpaired) electrons. The number of hydrogen-bond donors (Lipinski definition) is 1. The first-order valence-corrected chi connectivity index (χ1v) is 10.1. The van der Waals surface area contributed by atoms with E-state index in [9.17, 15) is 14.0 Å². The first kappa shape index (κ1) is 20.3. The van der Waals surface area contributed by atoms with Crippen LogP contribution in [0.25, 0.3) is 10.8 Å². The van der Waals surface area contributed by atoms with Crippen molar-refractivity contribution in [2.75, 3.05) is 13.2 Å². The Morgan fingerprint density at radius 2 is 2.10 bits per heavy atom. The molecule has 3 heterocycles. The number of hydrogen-bond acceptors (Lipinski definition) is 4. The predicted octanol–water partition coefficient (Wildman–Crippen LogP) is 2.30. The normalized spacial score (nSPS) is 16.3. The van der Waals surface area contributed by atoms with Crippen molar-refractivity contribution >= 4 is 16.7 Å². The highest BCUT2D eigenvalue weighted by Crippen LogP contribution is 2.23. The smallest absolute Gasteiger partial charge is 0.276 e. The molecule has 4 rings (SSSR count). The minimum absolute atomic E-state index is 0.0402. The van der Waals surface area contributed by atoms with E-state index in [-0.39, 0.29) is 29.9 Å². The molecule has 7 nitrogen and oxygen atoms in total. The molecule has 3 aromatic rings. The third-order valence-corrected chi connectivity index (χ3v) is 5.74. The van der Waals surface area contributed by atoms with Gasteiger partial charge in [-0.05, 0) is 32.8 Å². The van der Waals surface area contributed by atoms with Gasteiger partial charge >= 0.3 is 0 Å². The number of aromatic nitrogens is 3. The molecule has 0 spiro atoms. The first-order chi connectivity index (χ1) is 14.5. The third-order valence-electron chi connectivity index (χ3n) is 5.74. The molecule has 2 aromatic heterocycles. The van der Waals surface area contributed by atoms with Crippen LogP contribution in [0.2, 0.25) is 0 Å². The second kappa shape index (κ2) is 8.39. The standard InChI is InChI=1S/C22H25FN4O3/c1-14-18-11-25-27(13-20(28)24-10-17-7-5-9-30-17)22(29)21(18)15(2)26(14)12-16-6-3-4-8-19(16)23/h3-4,6,8,11,17H,5,7,9-10,12-13H2,1-2H3,(H,24,28)/t17-/m0/s1. The molecule has 0 saturated carbocycles. The van der Waals surface area contributed by atoms with E-state index in [0.717, 1.165) is 30.8 Å². The molecule has 8 heteroatoms. The summed E-state index contributed by atoms with van der Waals surface area (Å²) in [6.45, 7) is 5.04. The molecule has 30 heavy (non-hydrogen) atoms. The molecule has 1 saturated heterocycles. The molecule has 1 amide bonds. The largest absolute Gasteiger partial charge is 0.376 e. The summed E-state index contributed by atoms with van der Waals surface area (Å²) in [5.74, 6) is -0.563. The van der Waals surface area contributed by atoms with E-state index in [0.29, 0.717) is 29.4 Å². The second-order valence-electron chi connectivity index (χ2n) is 7.68. The predicted molar refractivity (Wildman–Crippen MR) is 111 cm³/mol. The Morgan fingerprint density at radius 3 is 2.83 bits per heavy atom. The van der Waals surface area contributed by atoms with E-state index in [1.165, 1.54) is 10.7 Å². The van der Waals surface area contributed by atoms with Crippen molar-refractivity contribution in [3.05, 3.63) is 63.6 Å². The van der Waals surface area contributed by atoms with Gasteiger partial charge in [0.05, 0.1) is 24.2 Å². The van der Waals surface area contributed by atoms with Gasteiger partial charge in [0.2, 0.25) is 5.91 Å². The highest BCUT2D eigenvalue weighted by Gasteiger charge is 2.19. The summed E-state index contributed by atoms with van der Waals surface area (Å²) in [6.07, 6.45) is 3.57. The number of amides is 1. The zero-order valence-corrected chi connectivity index (χ0v) is 17.2. The van der Waals surface area contributed by atoms with Gasteiger partial charge in [-0.1, -0.05) is 18.2 Å². The fraction of sp³-hybridized carbons (Fsp3) is 0.409. The number of rotatable bonds is 6. The summed E-state index contributed by atoms with van der Waals surface area (Å²) < 4.78 is 22.7. The minimum Gasteiger partial charge on any atom is -0.376 e. The molecular weight excluding hydrogens is 387 g/mol. The van der Waals surface area contributed by atoms with E-state index >= 15 is 0 Å². The topological polar surface area (TPSA) is 78.2 Å². The van der Waals surface area contributed by atoms with Crippen molar-refractivity contribution in [3.8, 4) is 0 Å². The lowest BCUT2D eigenvalue weighted by Crippen LogP contribution is -2.37. The van der Waals surface area contributed by atoms with Crippen molar-refractivity contribution < 1.29 is 13.9 Å². The number of carbonyl (C=O) groups excluding carboxylic acids is 1. The Kier molecular flexibility index (Phi) is 5.67. The maximum atomic E-state index is 14.1. The maximum absolute atomic E-state index is 14.1. The Bertz CT molecular complexity index is 1150. The van der Waals surface area contributed by atoms with Crippen LogP contribution in [-0.4, -0.2) is 39.5 Å². The fourth-order valence-corrected chi connectivity index (χ4v) is 4.02. The summed E-state index contributed by atoms with van der Waals surface area (Å²) in [5, 5.41) is 8.22. The lowest BCUT2D eigenvalue weighted by Gasteiger charge is -2.11. The quantitative estimate of drug-likeness (QED) is 0.674. The first-order valence-electron chi connectivity index (χ1n) is 10.1. The Labute approximate surface area is 173 Å². The molecule has 0 bridgehead atoms. The highest BCUT2D eigenvalue weighted by molar-refractivity contribution is 5.87. The van der Waals surface area contributed by atoms with Gasteiger partial charge in [-0.25, -0.2) is 9.07 Å². The SMILES string of the molecule is Cc1c2cnn(CC(=O)NC[C@@H]3CCCO3)c(=O)c2c(C)n1Cc1ccccc1F. The van der Waals surface area contributed by atoms with Crippen LogP contribution in [0.1, 0.15) is 29.8 Å². The lowest BCUT2D eigenvalue weighted by molar-refractivity contribution is -0.122. The van der Waals surface area contributed by atoms with Crippen LogP contribution < -0.4 is 10.9 Å². The van der Waals surface area contributed by atoms with Gasteiger partial charge in [0.25, 0.3) is 5.56 Å². The van der Waals surface area contributed by atoms with E-state index in [4.69, 9.17) is 4.74 Å². The highest BCUT2D eigenvalue weighted by atomic mass is 19.1. The fourth-order valence-electron chi connectivity index (χ4n) is 4.02. The Hall–Kier alpha value is -3.00. The van der Waals surface area contributed by atoms with Gasteiger partial charge in [-0.3, -0.25) is 9.59 Å². The average molecular weight is 412 g/mol. The van der Waals surface area contributed by atoms with Crippen LogP contribution in [0.15, 0.2) is 35.3 Å². The number of aryl methyl sites for hydroxylation is 2. The van der Waals surface area contributed by atoms with Gasteiger partial charge in [0.15, 0.2) is 0 Å². The molecule has 158 valence electrons. The maximum Gasteiger partial charge on any atom is 0.276 e. The Balaban J connectivity index is 1.59. The molecule has 1 aromatic carbocycles. The number of carbonyl (C=O) groups is 1. The second-order valence-corrected chi connectivity index (χ2v) is 7.68. The zero-order valence-electron chi connectivity index (χ0n) is 17.2. The van der Waals surface area contributed by atoms with Gasteiger partial charge in [-0.2, -0.15) is 5.10 Å². The third kappa shape index (κ3) is 3.87. The van der Waals surface area contributed by atoms with Gasteiger partial charge in [-0.15, -0.1) is 0 Å². The van der Waals surface area contributed by atoms with E-state index in [1.54, 1.807) is 24.4 Å². The minimum atomic E-state index is -0.326. The van der Waals surface area contributed by atoms with Crippen LogP contribution in [0.3, 0.4) is 0 Å². The van der Waals surface area contributed by atoms with Crippen molar-refractivity contribution in [1.29, 1.82) is 0 Å². The van der Waals surface area contributed by atoms with Crippen LogP contribution in [0.4, 0.5) is 4.39 Å². The summed E-state index contributed by atoms with van der Waals surface area (Å²) in [6, 6.07) is 6.59. The van der Waals surface area contributed by atoms with Crippen LogP contribution in [-0.2, 0) is 22.6 Å². The summed E-state index contributed by atoms with van der Waals surface area (Å²) in [7, 11) is 0. The average Bonchev–Trinajstić information content (AvgIpc) is 3.33. The summed E-state index contributed by atoms with van der Waals surface area (Å²) in [5.41, 5.74) is 1.79. The summed E-state index contributed by atoms with van der Waals surface area (Å²) in [4.78, 5) is 25.3. The lowest BCUT2D eigenvalue weighted by atomic mass is 10.2. The van der Waals surface area contributed by atoms with Crippen molar-refractivity contribution in [2.24, 2.45) is 0 Å². The number of benzene rings is 1. The molecule has 1 atom stereocenters. The number of nitrogens with zero attached hydrogens (tertiary/aromatic N) is 3. The molecule has 1 N–H and O–H groups in total. The monoisotopic (exact) mass is 412 g/mol. The molecule has 1 fully saturated rings. The number of nitrogens with one attached hydrogen (secondary N) is 1. The van der Waals surface area contributed by atoms with Gasteiger partial charge in [0, 0.05) is 35.5 Å². The van der Waals surface area contributed by atoms with Crippen molar-refractivity contribution in [1.82, 2.24) is 19.7 Å². The van der Waals surface area contributed by atoms with Crippen LogP contribution in [0, 0.1) is 19.7 Å². The van der Waals surface area contributed by atoms with Crippen molar-refractivity contribution in [3.63, 3.8) is 0 Å². The number of fused-ring (bicyclic) bond motifs is 1. The number of halogens is 1. The molecule has 1 aliphatic rings.